The number of piperidine rings is 1. The van der Waals surface area contributed by atoms with Crippen molar-refractivity contribution in [3.05, 3.63) is 71.3 Å². The fourth-order valence-electron chi connectivity index (χ4n) is 3.08. The highest BCUT2D eigenvalue weighted by atomic mass is 16.6. The Bertz CT molecular complexity index is 753. The van der Waals surface area contributed by atoms with Crippen LogP contribution in [0.1, 0.15) is 35.6 Å². The number of β-amino-alcohol motifs (C(OH)–C–C–N with tert-alkyl or cyclic N) is 1. The predicted octanol–water partition coefficient (Wildman–Crippen LogP) is 3.39. The van der Waals surface area contributed by atoms with Crippen molar-refractivity contribution in [2.45, 2.75) is 31.6 Å². The highest BCUT2D eigenvalue weighted by molar-refractivity contribution is 5.68. The molecule has 5 heteroatoms. The largest absolute Gasteiger partial charge is 0.445 e. The van der Waals surface area contributed by atoms with Crippen molar-refractivity contribution in [2.24, 2.45) is 0 Å². The lowest BCUT2D eigenvalue weighted by Crippen LogP contribution is -2.44. The van der Waals surface area contributed by atoms with Crippen LogP contribution in [-0.2, 0) is 11.3 Å². The van der Waals surface area contributed by atoms with Crippen LogP contribution in [0, 0.1) is 11.3 Å². The summed E-state index contributed by atoms with van der Waals surface area (Å²) < 4.78 is 5.44. The predicted molar refractivity (Wildman–Crippen MR) is 92.5 cm³/mol. The number of amides is 1. The van der Waals surface area contributed by atoms with E-state index in [0.717, 1.165) is 11.1 Å². The first-order chi connectivity index (χ1) is 12.2. The zero-order valence-electron chi connectivity index (χ0n) is 13.8. The molecule has 25 heavy (non-hydrogen) atoms. The number of aliphatic hydroxyl groups excluding tert-OH is 1. The maximum atomic E-state index is 12.6. The van der Waals surface area contributed by atoms with E-state index in [4.69, 9.17) is 10.00 Å². The Balaban J connectivity index is 1.72. The molecule has 1 amide bonds. The summed E-state index contributed by atoms with van der Waals surface area (Å²) in [4.78, 5) is 14.1. The Kier molecular flexibility index (Phi) is 5.32. The first kappa shape index (κ1) is 17.0. The SMILES string of the molecule is N#Cc1ccc([C@H]2CC[C@@H](O)CN2C(=O)OCc2ccccc2)cc1. The van der Waals surface area contributed by atoms with Crippen LogP contribution >= 0.6 is 0 Å². The van der Waals surface area contributed by atoms with Gasteiger partial charge in [0, 0.05) is 0 Å². The minimum Gasteiger partial charge on any atom is -0.445 e. The number of aliphatic hydroxyl groups is 1. The van der Waals surface area contributed by atoms with Crippen molar-refractivity contribution in [3.8, 4) is 6.07 Å². The average Bonchev–Trinajstić information content (AvgIpc) is 2.67. The Morgan fingerprint density at radius 1 is 1.16 bits per heavy atom. The zero-order valence-corrected chi connectivity index (χ0v) is 13.8. The van der Waals surface area contributed by atoms with Gasteiger partial charge in [-0.1, -0.05) is 42.5 Å². The molecular weight excluding hydrogens is 316 g/mol. The molecule has 2 atom stereocenters. The van der Waals surface area contributed by atoms with Gasteiger partial charge < -0.3 is 9.84 Å². The molecule has 1 fully saturated rings. The fourth-order valence-corrected chi connectivity index (χ4v) is 3.08. The quantitative estimate of drug-likeness (QED) is 0.932. The van der Waals surface area contributed by atoms with Gasteiger partial charge in [0.25, 0.3) is 0 Å². The third-order valence-electron chi connectivity index (χ3n) is 4.42. The van der Waals surface area contributed by atoms with E-state index < -0.39 is 12.2 Å². The number of nitriles is 1. The second-order valence-corrected chi connectivity index (χ2v) is 6.17. The molecule has 1 aliphatic rings. The summed E-state index contributed by atoms with van der Waals surface area (Å²) in [5.74, 6) is 0. The van der Waals surface area contributed by atoms with Crippen LogP contribution in [0.3, 0.4) is 0 Å². The third kappa shape index (κ3) is 4.17. The first-order valence-corrected chi connectivity index (χ1v) is 8.33. The lowest BCUT2D eigenvalue weighted by Gasteiger charge is -2.37. The molecule has 0 saturated carbocycles. The molecule has 2 aromatic rings. The average molecular weight is 336 g/mol. The Morgan fingerprint density at radius 3 is 2.56 bits per heavy atom. The number of rotatable bonds is 3. The summed E-state index contributed by atoms with van der Waals surface area (Å²) in [5, 5.41) is 18.9. The van der Waals surface area contributed by atoms with E-state index >= 15 is 0 Å². The van der Waals surface area contributed by atoms with E-state index in [-0.39, 0.29) is 19.2 Å². The molecular formula is C20H20N2O3. The summed E-state index contributed by atoms with van der Waals surface area (Å²) in [6, 6.07) is 18.6. The number of nitrogens with zero attached hydrogens (tertiary/aromatic N) is 2. The molecule has 0 aromatic heterocycles. The Morgan fingerprint density at radius 2 is 1.88 bits per heavy atom. The van der Waals surface area contributed by atoms with Crippen molar-refractivity contribution in [2.75, 3.05) is 6.54 Å². The number of likely N-dealkylation sites (tertiary alicyclic amines) is 1. The normalized spacial score (nSPS) is 19.9. The lowest BCUT2D eigenvalue weighted by molar-refractivity contribution is 0.0199. The van der Waals surface area contributed by atoms with Gasteiger partial charge >= 0.3 is 6.09 Å². The van der Waals surface area contributed by atoms with Crippen molar-refractivity contribution < 1.29 is 14.6 Å². The topological polar surface area (TPSA) is 73.6 Å². The van der Waals surface area contributed by atoms with Gasteiger partial charge in [0.15, 0.2) is 0 Å². The molecule has 128 valence electrons. The second kappa shape index (κ2) is 7.82. The molecule has 1 N–H and O–H groups in total. The number of hydrogen-bond acceptors (Lipinski definition) is 4. The zero-order chi connectivity index (χ0) is 17.6. The minimum atomic E-state index is -0.543. The third-order valence-corrected chi connectivity index (χ3v) is 4.42. The molecule has 0 spiro atoms. The van der Waals surface area contributed by atoms with E-state index in [1.807, 2.05) is 42.5 Å². The molecule has 3 rings (SSSR count). The number of carbonyl (C=O) groups excluding carboxylic acids is 1. The maximum Gasteiger partial charge on any atom is 0.410 e. The van der Waals surface area contributed by atoms with Crippen LogP contribution in [0.2, 0.25) is 0 Å². The molecule has 0 aliphatic carbocycles. The van der Waals surface area contributed by atoms with Crippen LogP contribution in [0.5, 0.6) is 0 Å². The minimum absolute atomic E-state index is 0.153. The van der Waals surface area contributed by atoms with Gasteiger partial charge in [-0.25, -0.2) is 4.79 Å². The van der Waals surface area contributed by atoms with Gasteiger partial charge in [0.1, 0.15) is 6.61 Å². The van der Waals surface area contributed by atoms with Crippen LogP contribution in [0.4, 0.5) is 4.79 Å². The molecule has 1 saturated heterocycles. The molecule has 2 aromatic carbocycles. The first-order valence-electron chi connectivity index (χ1n) is 8.33. The number of benzene rings is 2. The second-order valence-electron chi connectivity index (χ2n) is 6.17. The van der Waals surface area contributed by atoms with Gasteiger partial charge in [0.2, 0.25) is 0 Å². The van der Waals surface area contributed by atoms with Crippen molar-refractivity contribution >= 4 is 6.09 Å². The van der Waals surface area contributed by atoms with E-state index in [0.29, 0.717) is 18.4 Å². The summed E-state index contributed by atoms with van der Waals surface area (Å²) in [6.45, 7) is 0.449. The van der Waals surface area contributed by atoms with E-state index in [9.17, 15) is 9.90 Å². The van der Waals surface area contributed by atoms with Gasteiger partial charge in [-0.2, -0.15) is 5.26 Å². The lowest BCUT2D eigenvalue weighted by atomic mass is 9.94. The summed E-state index contributed by atoms with van der Waals surface area (Å²) >= 11 is 0. The van der Waals surface area contributed by atoms with Gasteiger partial charge in [-0.05, 0) is 36.1 Å². The van der Waals surface area contributed by atoms with Crippen LogP contribution in [-0.4, -0.2) is 28.7 Å². The highest BCUT2D eigenvalue weighted by Crippen LogP contribution is 2.31. The monoisotopic (exact) mass is 336 g/mol. The van der Waals surface area contributed by atoms with Gasteiger partial charge in [-0.15, -0.1) is 0 Å². The maximum absolute atomic E-state index is 12.6. The Hall–Kier alpha value is -2.84. The molecule has 0 bridgehead atoms. The van der Waals surface area contributed by atoms with Crippen molar-refractivity contribution in [1.82, 2.24) is 4.90 Å². The summed E-state index contributed by atoms with van der Waals surface area (Å²) in [5.41, 5.74) is 2.45. The fraction of sp³-hybridized carbons (Fsp3) is 0.300. The van der Waals surface area contributed by atoms with Crippen LogP contribution in [0.25, 0.3) is 0 Å². The molecule has 1 aliphatic heterocycles. The highest BCUT2D eigenvalue weighted by Gasteiger charge is 2.32. The van der Waals surface area contributed by atoms with Crippen molar-refractivity contribution in [3.63, 3.8) is 0 Å². The molecule has 1 heterocycles. The smallest absolute Gasteiger partial charge is 0.410 e. The van der Waals surface area contributed by atoms with Gasteiger partial charge in [0.05, 0.1) is 30.3 Å². The van der Waals surface area contributed by atoms with Gasteiger partial charge in [-0.3, -0.25) is 4.90 Å². The number of ether oxygens (including phenoxy) is 1. The standard InChI is InChI=1S/C20H20N2O3/c21-12-15-6-8-17(9-7-15)19-11-10-18(23)13-22(19)20(24)25-14-16-4-2-1-3-5-16/h1-9,18-19,23H,10-11,13-14H2/t18-,19-/m1/s1. The van der Waals surface area contributed by atoms with E-state index in [2.05, 4.69) is 6.07 Å². The van der Waals surface area contributed by atoms with E-state index in [1.165, 1.54) is 0 Å². The van der Waals surface area contributed by atoms with Crippen LogP contribution < -0.4 is 0 Å². The molecule has 0 unspecified atom stereocenters. The molecule has 5 nitrogen and oxygen atoms in total. The number of carbonyl (C=O) groups is 1. The summed E-state index contributed by atoms with van der Waals surface area (Å²) in [7, 11) is 0. The molecule has 0 radical (unpaired) electrons. The summed E-state index contributed by atoms with van der Waals surface area (Å²) in [6.07, 6.45) is 0.316. The van der Waals surface area contributed by atoms with E-state index in [1.54, 1.807) is 17.0 Å². The van der Waals surface area contributed by atoms with Crippen molar-refractivity contribution in [1.29, 1.82) is 5.26 Å². The Labute approximate surface area is 147 Å². The number of hydrogen-bond donors (Lipinski definition) is 1. The van der Waals surface area contributed by atoms with Crippen LogP contribution in [0.15, 0.2) is 54.6 Å².